The molecule has 1 N–H and O–H groups in total. The number of rotatable bonds is 0. The Morgan fingerprint density at radius 2 is 2.45 bits per heavy atom. The number of nitrogens with zero attached hydrogens (tertiary/aromatic N) is 1. The number of hydrogen-bond donors (Lipinski definition) is 1. The first-order valence-corrected chi connectivity index (χ1v) is 4.33. The monoisotopic (exact) mass is 218 g/mol. The summed E-state index contributed by atoms with van der Waals surface area (Å²) < 4.78 is 14.2. The van der Waals surface area contributed by atoms with Crippen LogP contribution in [0.5, 0.6) is 0 Å². The van der Waals surface area contributed by atoms with Crippen LogP contribution in [0, 0.1) is 0 Å². The van der Waals surface area contributed by atoms with E-state index in [-0.39, 0.29) is 0 Å². The zero-order chi connectivity index (χ0) is 8.06. The van der Waals surface area contributed by atoms with Crippen LogP contribution in [0.1, 0.15) is 24.6 Å². The Hall–Kier alpha value is -0.380. The highest BCUT2D eigenvalue weighted by molar-refractivity contribution is 9.10. The van der Waals surface area contributed by atoms with Gasteiger partial charge in [0.25, 0.3) is 0 Å². The van der Waals surface area contributed by atoms with Gasteiger partial charge >= 0.3 is 0 Å². The molecule has 0 radical (unpaired) electrons. The maximum Gasteiger partial charge on any atom is 0.138 e. The standard InChI is InChI=1S/C7H8BrFN2/c1-7(9)3-2-4-5(7)6(8)11-10-4/h2-3H2,1H3,(H,10,11). The van der Waals surface area contributed by atoms with Gasteiger partial charge in [0, 0.05) is 11.3 Å². The predicted molar refractivity (Wildman–Crippen MR) is 43.1 cm³/mol. The van der Waals surface area contributed by atoms with Crippen molar-refractivity contribution in [3.63, 3.8) is 0 Å². The summed E-state index contributed by atoms with van der Waals surface area (Å²) in [5.74, 6) is 0. The van der Waals surface area contributed by atoms with Crippen LogP contribution in [-0.2, 0) is 12.1 Å². The average molecular weight is 219 g/mol. The number of fused-ring (bicyclic) bond motifs is 1. The molecule has 0 amide bonds. The molecule has 1 unspecified atom stereocenters. The molecule has 11 heavy (non-hydrogen) atoms. The quantitative estimate of drug-likeness (QED) is 0.712. The summed E-state index contributed by atoms with van der Waals surface area (Å²) >= 11 is 3.21. The predicted octanol–water partition coefficient (Wildman–Crippen LogP) is 2.30. The number of aromatic nitrogens is 2. The summed E-state index contributed by atoms with van der Waals surface area (Å²) in [4.78, 5) is 0. The number of H-pyrrole nitrogens is 1. The van der Waals surface area contributed by atoms with E-state index in [9.17, 15) is 4.39 Å². The molecular weight excluding hydrogens is 211 g/mol. The lowest BCUT2D eigenvalue weighted by Crippen LogP contribution is -2.09. The van der Waals surface area contributed by atoms with E-state index < -0.39 is 5.67 Å². The van der Waals surface area contributed by atoms with Crippen LogP contribution in [0.2, 0.25) is 0 Å². The lowest BCUT2D eigenvalue weighted by Gasteiger charge is -2.11. The third kappa shape index (κ3) is 0.922. The fraction of sp³-hybridized carbons (Fsp3) is 0.571. The van der Waals surface area contributed by atoms with Crippen molar-refractivity contribution in [2.45, 2.75) is 25.4 Å². The van der Waals surface area contributed by atoms with Crippen molar-refractivity contribution in [2.75, 3.05) is 0 Å². The molecule has 1 atom stereocenters. The summed E-state index contributed by atoms with van der Waals surface area (Å²) in [6.45, 7) is 1.60. The zero-order valence-corrected chi connectivity index (χ0v) is 7.70. The summed E-state index contributed by atoms with van der Waals surface area (Å²) in [6, 6.07) is 0. The Balaban J connectivity index is 2.60. The highest BCUT2D eigenvalue weighted by Gasteiger charge is 2.38. The average Bonchev–Trinajstić information content (AvgIpc) is 2.38. The SMILES string of the molecule is CC1(F)CCc2[nH]nc(Br)c21. The maximum absolute atomic E-state index is 13.6. The van der Waals surface area contributed by atoms with Gasteiger partial charge in [0.1, 0.15) is 10.3 Å². The van der Waals surface area contributed by atoms with Crippen molar-refractivity contribution in [1.82, 2.24) is 10.2 Å². The molecule has 0 fully saturated rings. The number of nitrogens with one attached hydrogen (secondary N) is 1. The highest BCUT2D eigenvalue weighted by Crippen LogP contribution is 2.42. The molecule has 60 valence electrons. The molecule has 1 aromatic heterocycles. The summed E-state index contributed by atoms with van der Waals surface area (Å²) in [5, 5.41) is 6.69. The molecule has 4 heteroatoms. The van der Waals surface area contributed by atoms with Gasteiger partial charge in [-0.1, -0.05) is 0 Å². The first-order chi connectivity index (χ1) is 5.11. The van der Waals surface area contributed by atoms with Gasteiger partial charge in [-0.15, -0.1) is 0 Å². The molecule has 0 spiro atoms. The van der Waals surface area contributed by atoms with Gasteiger partial charge in [0.2, 0.25) is 0 Å². The second-order valence-corrected chi connectivity index (χ2v) is 3.82. The third-order valence-corrected chi connectivity index (χ3v) is 2.74. The first kappa shape index (κ1) is 7.28. The molecule has 2 nitrogen and oxygen atoms in total. The Morgan fingerprint density at radius 3 is 3.09 bits per heavy atom. The van der Waals surface area contributed by atoms with Crippen LogP contribution < -0.4 is 0 Å². The molecule has 0 bridgehead atoms. The van der Waals surface area contributed by atoms with Crippen molar-refractivity contribution in [1.29, 1.82) is 0 Å². The minimum absolute atomic E-state index is 0.565. The number of hydrogen-bond acceptors (Lipinski definition) is 1. The lowest BCUT2D eigenvalue weighted by molar-refractivity contribution is 0.193. The van der Waals surface area contributed by atoms with Crippen LogP contribution in [0.25, 0.3) is 0 Å². The van der Waals surface area contributed by atoms with Crippen LogP contribution >= 0.6 is 15.9 Å². The van der Waals surface area contributed by atoms with E-state index >= 15 is 0 Å². The Morgan fingerprint density at radius 1 is 1.73 bits per heavy atom. The Labute approximate surface area is 72.3 Å². The van der Waals surface area contributed by atoms with E-state index in [1.54, 1.807) is 6.92 Å². The van der Waals surface area contributed by atoms with Gasteiger partial charge in [-0.2, -0.15) is 5.10 Å². The van der Waals surface area contributed by atoms with E-state index in [1.165, 1.54) is 0 Å². The summed E-state index contributed by atoms with van der Waals surface area (Å²) in [6.07, 6.45) is 1.33. The molecule has 0 aliphatic heterocycles. The third-order valence-electron chi connectivity index (χ3n) is 2.16. The normalized spacial score (nSPS) is 29.0. The van der Waals surface area contributed by atoms with Gasteiger partial charge in [0.15, 0.2) is 0 Å². The smallest absolute Gasteiger partial charge is 0.138 e. The van der Waals surface area contributed by atoms with Crippen molar-refractivity contribution in [2.24, 2.45) is 0 Å². The second-order valence-electron chi connectivity index (χ2n) is 3.07. The maximum atomic E-state index is 13.6. The fourth-order valence-corrected chi connectivity index (χ4v) is 2.29. The van der Waals surface area contributed by atoms with Crippen molar-refractivity contribution in [3.05, 3.63) is 15.9 Å². The Bertz CT molecular complexity index is 293. The van der Waals surface area contributed by atoms with Gasteiger partial charge in [0.05, 0.1) is 0 Å². The van der Waals surface area contributed by atoms with E-state index in [4.69, 9.17) is 0 Å². The lowest BCUT2D eigenvalue weighted by atomic mass is 10.0. The van der Waals surface area contributed by atoms with Gasteiger partial charge in [-0.25, -0.2) is 4.39 Å². The minimum atomic E-state index is -1.19. The van der Waals surface area contributed by atoms with Gasteiger partial charge in [-0.3, -0.25) is 5.10 Å². The Kier molecular flexibility index (Phi) is 1.36. The number of aromatic amines is 1. The molecule has 1 aliphatic carbocycles. The molecule has 0 aromatic carbocycles. The van der Waals surface area contributed by atoms with Crippen molar-refractivity contribution in [3.8, 4) is 0 Å². The molecule has 1 heterocycles. The van der Waals surface area contributed by atoms with E-state index in [1.807, 2.05) is 0 Å². The van der Waals surface area contributed by atoms with Crippen molar-refractivity contribution < 1.29 is 4.39 Å². The fourth-order valence-electron chi connectivity index (χ4n) is 1.55. The number of halogens is 2. The molecule has 1 aliphatic rings. The van der Waals surface area contributed by atoms with Crippen molar-refractivity contribution >= 4 is 15.9 Å². The van der Waals surface area contributed by atoms with E-state index in [2.05, 4.69) is 26.1 Å². The van der Waals surface area contributed by atoms with E-state index in [0.717, 1.165) is 12.1 Å². The van der Waals surface area contributed by atoms with Crippen LogP contribution in [0.3, 0.4) is 0 Å². The molecule has 2 rings (SSSR count). The van der Waals surface area contributed by atoms with Crippen LogP contribution in [-0.4, -0.2) is 10.2 Å². The minimum Gasteiger partial charge on any atom is -0.281 e. The van der Waals surface area contributed by atoms with Gasteiger partial charge < -0.3 is 0 Å². The largest absolute Gasteiger partial charge is 0.281 e. The number of aryl methyl sites for hydroxylation is 1. The summed E-state index contributed by atoms with van der Waals surface area (Å²) in [5.41, 5.74) is 0.445. The summed E-state index contributed by atoms with van der Waals surface area (Å²) in [7, 11) is 0. The second kappa shape index (κ2) is 2.06. The number of alkyl halides is 1. The topological polar surface area (TPSA) is 28.7 Å². The van der Waals surface area contributed by atoms with E-state index in [0.29, 0.717) is 16.6 Å². The molecule has 0 saturated heterocycles. The van der Waals surface area contributed by atoms with Gasteiger partial charge in [-0.05, 0) is 35.7 Å². The van der Waals surface area contributed by atoms with Crippen LogP contribution in [0.15, 0.2) is 4.60 Å². The van der Waals surface area contributed by atoms with Crippen LogP contribution in [0.4, 0.5) is 4.39 Å². The first-order valence-electron chi connectivity index (χ1n) is 3.53. The molecule has 1 aromatic rings. The highest BCUT2D eigenvalue weighted by atomic mass is 79.9. The zero-order valence-electron chi connectivity index (χ0n) is 6.12. The molecule has 0 saturated carbocycles. The molecular formula is C7H8BrFN2.